The van der Waals surface area contributed by atoms with E-state index in [2.05, 4.69) is 31.5 Å². The highest BCUT2D eigenvalue weighted by Gasteiger charge is 2.24. The van der Waals surface area contributed by atoms with Crippen LogP contribution in [0.4, 0.5) is 5.69 Å². The fourth-order valence-electron chi connectivity index (χ4n) is 4.08. The van der Waals surface area contributed by atoms with Crippen molar-refractivity contribution in [1.29, 1.82) is 0 Å². The Balaban J connectivity index is 1.56. The molecule has 1 aliphatic rings. The van der Waals surface area contributed by atoms with Gasteiger partial charge in [0.2, 0.25) is 0 Å². The van der Waals surface area contributed by atoms with E-state index in [1.165, 1.54) is 6.33 Å². The SMILES string of the molecule is Cc1cc(OCC2CCNCC2)ccc1NC(=O)c1c(C(N)=O)ncn1-c1cc(Br)ccc1C. The predicted molar refractivity (Wildman–Crippen MR) is 135 cm³/mol. The number of halogens is 1. The molecule has 178 valence electrons. The zero-order chi connectivity index (χ0) is 24.2. The lowest BCUT2D eigenvalue weighted by molar-refractivity contribution is 0.0971. The molecule has 34 heavy (non-hydrogen) atoms. The topological polar surface area (TPSA) is 111 Å². The first-order valence-electron chi connectivity index (χ1n) is 11.2. The molecule has 1 aliphatic heterocycles. The van der Waals surface area contributed by atoms with Gasteiger partial charge in [0.15, 0.2) is 5.69 Å². The number of hydrogen-bond acceptors (Lipinski definition) is 5. The minimum atomic E-state index is -0.769. The normalized spacial score (nSPS) is 14.1. The van der Waals surface area contributed by atoms with E-state index in [1.54, 1.807) is 10.6 Å². The number of nitrogens with zero attached hydrogens (tertiary/aromatic N) is 2. The van der Waals surface area contributed by atoms with E-state index in [0.717, 1.165) is 53.0 Å². The summed E-state index contributed by atoms with van der Waals surface area (Å²) in [4.78, 5) is 29.5. The number of imidazole rings is 1. The fourth-order valence-corrected chi connectivity index (χ4v) is 4.43. The maximum atomic E-state index is 13.3. The number of aryl methyl sites for hydroxylation is 2. The predicted octanol–water partition coefficient (Wildman–Crippen LogP) is 3.98. The van der Waals surface area contributed by atoms with E-state index in [0.29, 0.717) is 18.2 Å². The molecular formula is C25H28BrN5O3. The highest BCUT2D eigenvalue weighted by Crippen LogP contribution is 2.26. The van der Waals surface area contributed by atoms with Gasteiger partial charge >= 0.3 is 0 Å². The maximum absolute atomic E-state index is 13.3. The van der Waals surface area contributed by atoms with Crippen molar-refractivity contribution in [2.24, 2.45) is 11.7 Å². The fraction of sp³-hybridized carbons (Fsp3) is 0.320. The number of rotatable bonds is 7. The van der Waals surface area contributed by atoms with Crippen LogP contribution in [0, 0.1) is 19.8 Å². The summed E-state index contributed by atoms with van der Waals surface area (Å²) < 4.78 is 8.41. The molecule has 3 aromatic rings. The van der Waals surface area contributed by atoms with Crippen molar-refractivity contribution in [2.45, 2.75) is 26.7 Å². The third kappa shape index (κ3) is 5.31. The van der Waals surface area contributed by atoms with Crippen molar-refractivity contribution >= 4 is 33.4 Å². The van der Waals surface area contributed by atoms with Crippen molar-refractivity contribution in [2.75, 3.05) is 25.0 Å². The summed E-state index contributed by atoms with van der Waals surface area (Å²) in [6.07, 6.45) is 3.66. The Kier molecular flexibility index (Phi) is 7.33. The first-order valence-corrected chi connectivity index (χ1v) is 12.0. The zero-order valence-corrected chi connectivity index (χ0v) is 20.8. The minimum absolute atomic E-state index is 0.0827. The van der Waals surface area contributed by atoms with Crippen molar-refractivity contribution in [3.05, 3.63) is 69.7 Å². The number of nitrogens with two attached hydrogens (primary N) is 1. The largest absolute Gasteiger partial charge is 0.493 e. The number of ether oxygens (including phenoxy) is 1. The zero-order valence-electron chi connectivity index (χ0n) is 19.2. The van der Waals surface area contributed by atoms with Crippen LogP contribution in [0.3, 0.4) is 0 Å². The Morgan fingerprint density at radius 1 is 1.18 bits per heavy atom. The van der Waals surface area contributed by atoms with Gasteiger partial charge in [0.25, 0.3) is 11.8 Å². The number of primary amides is 1. The Bertz CT molecular complexity index is 1220. The molecule has 0 aliphatic carbocycles. The van der Waals surface area contributed by atoms with Gasteiger partial charge in [-0.15, -0.1) is 0 Å². The monoisotopic (exact) mass is 525 g/mol. The number of anilines is 1. The third-order valence-electron chi connectivity index (χ3n) is 6.04. The Labute approximate surface area is 207 Å². The van der Waals surface area contributed by atoms with Crippen LogP contribution in [0.25, 0.3) is 5.69 Å². The van der Waals surface area contributed by atoms with Crippen LogP contribution in [0.15, 0.2) is 47.2 Å². The quantitative estimate of drug-likeness (QED) is 0.431. The van der Waals surface area contributed by atoms with Crippen LogP contribution in [0.5, 0.6) is 5.75 Å². The molecule has 1 fully saturated rings. The lowest BCUT2D eigenvalue weighted by Crippen LogP contribution is -2.30. The minimum Gasteiger partial charge on any atom is -0.493 e. The number of carbonyl (C=O) groups excluding carboxylic acids is 2. The summed E-state index contributed by atoms with van der Waals surface area (Å²) in [5.74, 6) is 0.0728. The second-order valence-electron chi connectivity index (χ2n) is 8.54. The van der Waals surface area contributed by atoms with Crippen LogP contribution in [0.2, 0.25) is 0 Å². The maximum Gasteiger partial charge on any atom is 0.275 e. The van der Waals surface area contributed by atoms with Crippen LogP contribution < -0.4 is 21.1 Å². The van der Waals surface area contributed by atoms with Crippen LogP contribution in [-0.2, 0) is 0 Å². The first-order chi connectivity index (χ1) is 16.3. The molecule has 0 spiro atoms. The number of amides is 2. The molecule has 0 radical (unpaired) electrons. The summed E-state index contributed by atoms with van der Waals surface area (Å²) in [5, 5.41) is 6.26. The molecule has 9 heteroatoms. The molecule has 4 N–H and O–H groups in total. The average molecular weight is 526 g/mol. The van der Waals surface area contributed by atoms with Gasteiger partial charge in [-0.25, -0.2) is 4.98 Å². The molecule has 4 rings (SSSR count). The highest BCUT2D eigenvalue weighted by molar-refractivity contribution is 9.10. The molecule has 0 unspecified atom stereocenters. The Morgan fingerprint density at radius 3 is 2.65 bits per heavy atom. The highest BCUT2D eigenvalue weighted by atomic mass is 79.9. The number of aromatic nitrogens is 2. The molecule has 8 nitrogen and oxygen atoms in total. The smallest absolute Gasteiger partial charge is 0.275 e. The number of piperidine rings is 1. The number of carbonyl (C=O) groups is 2. The van der Waals surface area contributed by atoms with E-state index in [-0.39, 0.29) is 11.4 Å². The van der Waals surface area contributed by atoms with E-state index in [9.17, 15) is 9.59 Å². The van der Waals surface area contributed by atoms with Crippen LogP contribution >= 0.6 is 15.9 Å². The van der Waals surface area contributed by atoms with E-state index in [1.807, 2.05) is 44.2 Å². The van der Waals surface area contributed by atoms with Crippen molar-refractivity contribution in [3.63, 3.8) is 0 Å². The summed E-state index contributed by atoms with van der Waals surface area (Å²) in [7, 11) is 0. The van der Waals surface area contributed by atoms with Crippen LogP contribution in [-0.4, -0.2) is 41.1 Å². The Hall–Kier alpha value is -3.17. The molecule has 0 bridgehead atoms. The van der Waals surface area contributed by atoms with Gasteiger partial charge in [-0.05, 0) is 87.2 Å². The third-order valence-corrected chi connectivity index (χ3v) is 6.53. The lowest BCUT2D eigenvalue weighted by Gasteiger charge is -2.22. The van der Waals surface area contributed by atoms with Gasteiger partial charge in [0.1, 0.15) is 17.8 Å². The average Bonchev–Trinajstić information content (AvgIpc) is 3.27. The van der Waals surface area contributed by atoms with Gasteiger partial charge in [-0.2, -0.15) is 0 Å². The molecule has 2 amide bonds. The molecule has 2 aromatic carbocycles. The Morgan fingerprint density at radius 2 is 1.94 bits per heavy atom. The standard InChI is InChI=1S/C25H28BrN5O3/c1-15-3-4-18(26)12-21(15)31-14-29-22(24(27)32)23(31)25(33)30-20-6-5-19(11-16(20)2)34-13-17-7-9-28-10-8-17/h3-6,11-12,14,17,28H,7-10,13H2,1-2H3,(H2,27,32)(H,30,33). The van der Waals surface area contributed by atoms with Crippen molar-refractivity contribution in [3.8, 4) is 11.4 Å². The van der Waals surface area contributed by atoms with Crippen molar-refractivity contribution in [1.82, 2.24) is 14.9 Å². The lowest BCUT2D eigenvalue weighted by atomic mass is 9.99. The summed E-state index contributed by atoms with van der Waals surface area (Å²) in [6.45, 7) is 6.56. The summed E-state index contributed by atoms with van der Waals surface area (Å²) in [5.41, 5.74) is 8.62. The number of hydrogen-bond donors (Lipinski definition) is 3. The van der Waals surface area contributed by atoms with Gasteiger partial charge in [-0.1, -0.05) is 22.0 Å². The van der Waals surface area contributed by atoms with Gasteiger partial charge in [0, 0.05) is 10.2 Å². The summed E-state index contributed by atoms with van der Waals surface area (Å²) in [6, 6.07) is 11.2. The van der Waals surface area contributed by atoms with Crippen molar-refractivity contribution < 1.29 is 14.3 Å². The number of benzene rings is 2. The second-order valence-corrected chi connectivity index (χ2v) is 9.46. The molecule has 0 saturated carbocycles. The molecule has 2 heterocycles. The van der Waals surface area contributed by atoms with Gasteiger partial charge < -0.3 is 21.1 Å². The summed E-state index contributed by atoms with van der Waals surface area (Å²) >= 11 is 3.46. The van der Waals surface area contributed by atoms with E-state index < -0.39 is 11.8 Å². The molecular weight excluding hydrogens is 498 g/mol. The molecule has 1 aromatic heterocycles. The second kappa shape index (κ2) is 10.4. The van der Waals surface area contributed by atoms with Crippen LogP contribution in [0.1, 0.15) is 44.9 Å². The number of nitrogens with one attached hydrogen (secondary N) is 2. The first kappa shape index (κ1) is 24.0. The van der Waals surface area contributed by atoms with E-state index >= 15 is 0 Å². The molecule has 1 saturated heterocycles. The van der Waals surface area contributed by atoms with Gasteiger partial charge in [-0.3, -0.25) is 14.2 Å². The van der Waals surface area contributed by atoms with Gasteiger partial charge in [0.05, 0.1) is 12.3 Å². The van der Waals surface area contributed by atoms with E-state index in [4.69, 9.17) is 10.5 Å². The molecule has 0 atom stereocenters.